The van der Waals surface area contributed by atoms with Crippen molar-refractivity contribution in [2.75, 3.05) is 13.7 Å². The zero-order valence-corrected chi connectivity index (χ0v) is 17.3. The molecular weight excluding hydrogens is 508 g/mol. The average molecular weight is 521 g/mol. The molecule has 0 saturated carbocycles. The summed E-state index contributed by atoms with van der Waals surface area (Å²) < 4.78 is 13.1. The lowest BCUT2D eigenvalue weighted by Gasteiger charge is -2.10. The van der Waals surface area contributed by atoms with E-state index in [0.717, 1.165) is 19.0 Å². The highest BCUT2D eigenvalue weighted by molar-refractivity contribution is 9.11. The second-order valence-electron chi connectivity index (χ2n) is 4.52. The maximum atomic E-state index is 11.8. The summed E-state index contributed by atoms with van der Waals surface area (Å²) in [7, 11) is 1.58. The van der Waals surface area contributed by atoms with Crippen LogP contribution in [0.5, 0.6) is 11.5 Å². The number of amides is 1. The Hall–Kier alpha value is -1.38. The van der Waals surface area contributed by atoms with Gasteiger partial charge in [0.2, 0.25) is 0 Å². The van der Waals surface area contributed by atoms with Gasteiger partial charge in [-0.05, 0) is 56.1 Å². The van der Waals surface area contributed by atoms with Gasteiger partial charge in [-0.2, -0.15) is 5.10 Å². The first-order valence-electron chi connectivity index (χ1n) is 6.73. The number of hydrogen-bond acceptors (Lipinski definition) is 4. The molecule has 0 fully saturated rings. The maximum absolute atomic E-state index is 11.8. The van der Waals surface area contributed by atoms with Crippen molar-refractivity contribution in [3.05, 3.63) is 55.4 Å². The monoisotopic (exact) mass is 518 g/mol. The molecule has 5 nitrogen and oxygen atoms in total. The number of methoxy groups -OCH3 is 1. The molecule has 24 heavy (non-hydrogen) atoms. The highest BCUT2D eigenvalue weighted by Crippen LogP contribution is 2.36. The van der Waals surface area contributed by atoms with Crippen molar-refractivity contribution in [1.82, 2.24) is 5.43 Å². The van der Waals surface area contributed by atoms with E-state index in [4.69, 9.17) is 9.47 Å². The Morgan fingerprint density at radius 1 is 1.21 bits per heavy atom. The molecule has 1 amide bonds. The topological polar surface area (TPSA) is 59.9 Å². The van der Waals surface area contributed by atoms with Gasteiger partial charge in [-0.1, -0.05) is 28.1 Å². The standard InChI is InChI=1S/C16H13Br3N2O3/c1-23-14-5-3-2-4-10(14)8-20-21-15(22)9-24-16-12(18)6-11(17)7-13(16)19/h2-8H,9H2,1H3,(H,21,22)/b20-8-. The van der Waals surface area contributed by atoms with Crippen LogP contribution >= 0.6 is 47.8 Å². The highest BCUT2D eigenvalue weighted by Gasteiger charge is 2.10. The molecule has 0 aliphatic heterocycles. The molecule has 0 atom stereocenters. The molecule has 0 aliphatic rings. The lowest BCUT2D eigenvalue weighted by Crippen LogP contribution is -2.24. The summed E-state index contributed by atoms with van der Waals surface area (Å²) in [6, 6.07) is 11.0. The van der Waals surface area contributed by atoms with Crippen molar-refractivity contribution in [2.45, 2.75) is 0 Å². The first-order chi connectivity index (χ1) is 11.5. The van der Waals surface area contributed by atoms with E-state index in [1.165, 1.54) is 6.21 Å². The van der Waals surface area contributed by atoms with Crippen LogP contribution in [0.3, 0.4) is 0 Å². The van der Waals surface area contributed by atoms with Gasteiger partial charge in [-0.15, -0.1) is 0 Å². The fraction of sp³-hybridized carbons (Fsp3) is 0.125. The third-order valence-corrected chi connectivity index (χ3v) is 4.48. The second-order valence-corrected chi connectivity index (χ2v) is 7.15. The number of carbonyl (C=O) groups is 1. The number of halogens is 3. The molecule has 0 spiro atoms. The molecule has 2 rings (SSSR count). The van der Waals surface area contributed by atoms with Gasteiger partial charge >= 0.3 is 0 Å². The molecule has 2 aromatic carbocycles. The molecule has 126 valence electrons. The fourth-order valence-corrected chi connectivity index (χ4v) is 4.27. The highest BCUT2D eigenvalue weighted by atomic mass is 79.9. The normalized spacial score (nSPS) is 10.7. The average Bonchev–Trinajstić information content (AvgIpc) is 2.54. The van der Waals surface area contributed by atoms with E-state index in [1.807, 2.05) is 36.4 Å². The molecule has 0 saturated heterocycles. The summed E-state index contributed by atoms with van der Waals surface area (Å²) in [5.74, 6) is 0.847. The Labute approximate surface area is 164 Å². The van der Waals surface area contributed by atoms with Gasteiger partial charge in [0.05, 0.1) is 22.3 Å². The minimum Gasteiger partial charge on any atom is -0.496 e. The third kappa shape index (κ3) is 5.32. The maximum Gasteiger partial charge on any atom is 0.277 e. The first-order valence-corrected chi connectivity index (χ1v) is 9.11. The van der Waals surface area contributed by atoms with Crippen LogP contribution in [0.15, 0.2) is 54.9 Å². The lowest BCUT2D eigenvalue weighted by molar-refractivity contribution is -0.123. The van der Waals surface area contributed by atoms with Gasteiger partial charge in [0.25, 0.3) is 5.91 Å². The predicted octanol–water partition coefficient (Wildman–Crippen LogP) is 4.51. The Morgan fingerprint density at radius 2 is 1.88 bits per heavy atom. The van der Waals surface area contributed by atoms with Crippen LogP contribution in [-0.4, -0.2) is 25.8 Å². The Bertz CT molecular complexity index is 743. The molecule has 1 N–H and O–H groups in total. The smallest absolute Gasteiger partial charge is 0.277 e. The second kappa shape index (κ2) is 9.19. The SMILES string of the molecule is COc1ccccc1/C=N\NC(=O)COc1c(Br)cc(Br)cc1Br. The van der Waals surface area contributed by atoms with Crippen LogP contribution in [0.2, 0.25) is 0 Å². The minimum atomic E-state index is -0.372. The van der Waals surface area contributed by atoms with E-state index in [-0.39, 0.29) is 12.5 Å². The van der Waals surface area contributed by atoms with Crippen LogP contribution in [-0.2, 0) is 4.79 Å². The molecular formula is C16H13Br3N2O3. The Kier molecular flexibility index (Phi) is 7.26. The van der Waals surface area contributed by atoms with Crippen LogP contribution in [0.1, 0.15) is 5.56 Å². The van der Waals surface area contributed by atoms with Crippen molar-refractivity contribution in [3.8, 4) is 11.5 Å². The van der Waals surface area contributed by atoms with E-state index < -0.39 is 0 Å². The minimum absolute atomic E-state index is 0.165. The van der Waals surface area contributed by atoms with Gasteiger partial charge in [-0.25, -0.2) is 5.43 Å². The van der Waals surface area contributed by atoms with Crippen molar-refractivity contribution in [2.24, 2.45) is 5.10 Å². The molecule has 0 aromatic heterocycles. The van der Waals surface area contributed by atoms with Crippen molar-refractivity contribution >= 4 is 59.9 Å². The summed E-state index contributed by atoms with van der Waals surface area (Å²) in [4.78, 5) is 11.8. The quantitative estimate of drug-likeness (QED) is 0.450. The molecule has 0 aliphatic carbocycles. The molecule has 8 heteroatoms. The number of nitrogens with one attached hydrogen (secondary N) is 1. The fourth-order valence-electron chi connectivity index (χ4n) is 1.78. The van der Waals surface area contributed by atoms with E-state index in [1.54, 1.807) is 7.11 Å². The van der Waals surface area contributed by atoms with Gasteiger partial charge in [0.1, 0.15) is 11.5 Å². The number of hydrogen-bond donors (Lipinski definition) is 1. The van der Waals surface area contributed by atoms with E-state index in [9.17, 15) is 4.79 Å². The van der Waals surface area contributed by atoms with Crippen molar-refractivity contribution in [1.29, 1.82) is 0 Å². The van der Waals surface area contributed by atoms with Crippen LogP contribution in [0.25, 0.3) is 0 Å². The zero-order chi connectivity index (χ0) is 17.5. The Morgan fingerprint density at radius 3 is 2.54 bits per heavy atom. The van der Waals surface area contributed by atoms with Gasteiger partial charge in [-0.3, -0.25) is 4.79 Å². The largest absolute Gasteiger partial charge is 0.496 e. The first kappa shape index (κ1) is 19.0. The van der Waals surface area contributed by atoms with E-state index in [0.29, 0.717) is 11.5 Å². The molecule has 0 heterocycles. The number of nitrogens with zero attached hydrogens (tertiary/aromatic N) is 1. The number of para-hydroxylation sites is 1. The summed E-state index contributed by atoms with van der Waals surface area (Å²) in [5, 5.41) is 3.91. The van der Waals surface area contributed by atoms with Gasteiger partial charge < -0.3 is 9.47 Å². The van der Waals surface area contributed by atoms with Crippen LogP contribution in [0, 0.1) is 0 Å². The predicted molar refractivity (Wildman–Crippen MR) is 104 cm³/mol. The lowest BCUT2D eigenvalue weighted by atomic mass is 10.2. The van der Waals surface area contributed by atoms with Crippen LogP contribution < -0.4 is 14.9 Å². The molecule has 0 bridgehead atoms. The summed E-state index contributed by atoms with van der Waals surface area (Å²) in [6.07, 6.45) is 1.52. The number of benzene rings is 2. The number of carbonyl (C=O) groups excluding carboxylic acids is 1. The number of ether oxygens (including phenoxy) is 2. The van der Waals surface area contributed by atoms with Crippen LogP contribution in [0.4, 0.5) is 0 Å². The van der Waals surface area contributed by atoms with E-state index >= 15 is 0 Å². The summed E-state index contributed by atoms with van der Waals surface area (Å²) in [5.41, 5.74) is 3.18. The number of rotatable bonds is 6. The van der Waals surface area contributed by atoms with Gasteiger partial charge in [0, 0.05) is 10.0 Å². The van der Waals surface area contributed by atoms with Crippen molar-refractivity contribution < 1.29 is 14.3 Å². The summed E-state index contributed by atoms with van der Waals surface area (Å²) >= 11 is 10.1. The molecule has 0 radical (unpaired) electrons. The summed E-state index contributed by atoms with van der Waals surface area (Å²) in [6.45, 7) is -0.165. The number of hydrazone groups is 1. The zero-order valence-electron chi connectivity index (χ0n) is 12.6. The Balaban J connectivity index is 1.91. The molecule has 0 unspecified atom stereocenters. The van der Waals surface area contributed by atoms with Crippen molar-refractivity contribution in [3.63, 3.8) is 0 Å². The molecule has 2 aromatic rings. The third-order valence-electron chi connectivity index (χ3n) is 2.84. The van der Waals surface area contributed by atoms with Gasteiger partial charge in [0.15, 0.2) is 6.61 Å². The van der Waals surface area contributed by atoms with E-state index in [2.05, 4.69) is 58.3 Å².